The zero-order chi connectivity index (χ0) is 15.5. The van der Waals surface area contributed by atoms with Crippen LogP contribution in [0.2, 0.25) is 0 Å². The van der Waals surface area contributed by atoms with E-state index in [2.05, 4.69) is 15.4 Å². The zero-order valence-corrected chi connectivity index (χ0v) is 12.5. The summed E-state index contributed by atoms with van der Waals surface area (Å²) in [6, 6.07) is 9.73. The van der Waals surface area contributed by atoms with Gasteiger partial charge in [-0.15, -0.1) is 0 Å². The lowest BCUT2D eigenvalue weighted by Crippen LogP contribution is -2.23. The van der Waals surface area contributed by atoms with Gasteiger partial charge in [0, 0.05) is 37.4 Å². The number of carbonyl (C=O) groups excluding carboxylic acids is 1. The molecule has 22 heavy (non-hydrogen) atoms. The summed E-state index contributed by atoms with van der Waals surface area (Å²) in [5.74, 6) is -0.164. The van der Waals surface area contributed by atoms with E-state index in [4.69, 9.17) is 0 Å². The average Bonchev–Trinajstić information content (AvgIpc) is 3.16. The van der Waals surface area contributed by atoms with Crippen molar-refractivity contribution in [3.05, 3.63) is 66.0 Å². The summed E-state index contributed by atoms with van der Waals surface area (Å²) in [7, 11) is 1.82. The molecule has 6 heteroatoms. The Balaban J connectivity index is 1.63. The SMILES string of the molecule is Cc1cc(C(=O)NCc2ccc(-n3ccnc3)cc2)nn1C. The second-order valence-electron chi connectivity index (χ2n) is 5.11. The second kappa shape index (κ2) is 5.85. The molecule has 2 aromatic heterocycles. The van der Waals surface area contributed by atoms with Gasteiger partial charge in [-0.05, 0) is 30.7 Å². The van der Waals surface area contributed by atoms with Crippen molar-refractivity contribution in [3.8, 4) is 5.69 Å². The Morgan fingerprint density at radius 1 is 1.27 bits per heavy atom. The van der Waals surface area contributed by atoms with Crippen molar-refractivity contribution in [1.82, 2.24) is 24.6 Å². The molecule has 0 radical (unpaired) electrons. The molecule has 3 aromatic rings. The molecule has 0 saturated heterocycles. The van der Waals surface area contributed by atoms with Gasteiger partial charge in [-0.1, -0.05) is 12.1 Å². The number of hydrogen-bond donors (Lipinski definition) is 1. The normalized spacial score (nSPS) is 10.6. The maximum Gasteiger partial charge on any atom is 0.272 e. The van der Waals surface area contributed by atoms with E-state index in [-0.39, 0.29) is 5.91 Å². The highest BCUT2D eigenvalue weighted by Gasteiger charge is 2.10. The van der Waals surface area contributed by atoms with Crippen LogP contribution in [0.5, 0.6) is 0 Å². The first-order valence-electron chi connectivity index (χ1n) is 6.99. The molecule has 0 saturated carbocycles. The van der Waals surface area contributed by atoms with Crippen molar-refractivity contribution in [1.29, 1.82) is 0 Å². The van der Waals surface area contributed by atoms with E-state index in [0.717, 1.165) is 16.9 Å². The molecule has 3 rings (SSSR count). The third kappa shape index (κ3) is 2.90. The van der Waals surface area contributed by atoms with Crippen LogP contribution < -0.4 is 5.32 Å². The van der Waals surface area contributed by atoms with Gasteiger partial charge in [-0.3, -0.25) is 9.48 Å². The number of aromatic nitrogens is 4. The molecule has 2 heterocycles. The van der Waals surface area contributed by atoms with Crippen LogP contribution in [-0.4, -0.2) is 25.2 Å². The van der Waals surface area contributed by atoms with E-state index in [0.29, 0.717) is 12.2 Å². The highest BCUT2D eigenvalue weighted by Crippen LogP contribution is 2.09. The molecule has 0 atom stereocenters. The van der Waals surface area contributed by atoms with Crippen molar-refractivity contribution in [2.75, 3.05) is 0 Å². The molecule has 0 fully saturated rings. The van der Waals surface area contributed by atoms with Gasteiger partial charge in [-0.2, -0.15) is 5.10 Å². The van der Waals surface area contributed by atoms with Gasteiger partial charge in [0.25, 0.3) is 5.91 Å². The highest BCUT2D eigenvalue weighted by atomic mass is 16.1. The molecule has 0 aliphatic carbocycles. The number of rotatable bonds is 4. The third-order valence-corrected chi connectivity index (χ3v) is 3.54. The Morgan fingerprint density at radius 3 is 2.64 bits per heavy atom. The third-order valence-electron chi connectivity index (χ3n) is 3.54. The quantitative estimate of drug-likeness (QED) is 0.799. The zero-order valence-electron chi connectivity index (χ0n) is 12.5. The van der Waals surface area contributed by atoms with Gasteiger partial charge in [0.2, 0.25) is 0 Å². The lowest BCUT2D eigenvalue weighted by atomic mass is 10.2. The molecular formula is C16H17N5O. The molecule has 112 valence electrons. The maximum atomic E-state index is 12.0. The Labute approximate surface area is 128 Å². The van der Waals surface area contributed by atoms with Gasteiger partial charge in [-0.25, -0.2) is 4.98 Å². The molecule has 0 bridgehead atoms. The van der Waals surface area contributed by atoms with Gasteiger partial charge >= 0.3 is 0 Å². The summed E-state index contributed by atoms with van der Waals surface area (Å²) in [5, 5.41) is 7.04. The molecule has 1 N–H and O–H groups in total. The van der Waals surface area contributed by atoms with Crippen LogP contribution in [0.1, 0.15) is 21.7 Å². The van der Waals surface area contributed by atoms with E-state index >= 15 is 0 Å². The van der Waals surface area contributed by atoms with Gasteiger partial charge < -0.3 is 9.88 Å². The molecule has 6 nitrogen and oxygen atoms in total. The number of aryl methyl sites for hydroxylation is 2. The number of amides is 1. The number of benzene rings is 1. The Morgan fingerprint density at radius 2 is 2.05 bits per heavy atom. The Bertz CT molecular complexity index is 752. The lowest BCUT2D eigenvalue weighted by molar-refractivity contribution is 0.0945. The minimum atomic E-state index is -0.164. The number of nitrogens with one attached hydrogen (secondary N) is 1. The van der Waals surface area contributed by atoms with E-state index < -0.39 is 0 Å². The maximum absolute atomic E-state index is 12.0. The van der Waals surface area contributed by atoms with Crippen molar-refractivity contribution in [3.63, 3.8) is 0 Å². The van der Waals surface area contributed by atoms with Crippen molar-refractivity contribution >= 4 is 5.91 Å². The Kier molecular flexibility index (Phi) is 3.74. The number of nitrogens with zero attached hydrogens (tertiary/aromatic N) is 4. The molecule has 1 amide bonds. The van der Waals surface area contributed by atoms with Crippen LogP contribution in [-0.2, 0) is 13.6 Å². The van der Waals surface area contributed by atoms with Crippen LogP contribution in [0, 0.1) is 6.92 Å². The number of imidazole rings is 1. The molecular weight excluding hydrogens is 278 g/mol. The summed E-state index contributed by atoms with van der Waals surface area (Å²) in [5.41, 5.74) is 3.46. The van der Waals surface area contributed by atoms with Crippen LogP contribution in [0.15, 0.2) is 49.1 Å². The van der Waals surface area contributed by atoms with Crippen LogP contribution in [0.3, 0.4) is 0 Å². The lowest BCUT2D eigenvalue weighted by Gasteiger charge is -2.06. The largest absolute Gasteiger partial charge is 0.347 e. The van der Waals surface area contributed by atoms with Gasteiger partial charge in [0.05, 0.1) is 6.33 Å². The Hall–Kier alpha value is -2.89. The smallest absolute Gasteiger partial charge is 0.272 e. The van der Waals surface area contributed by atoms with E-state index in [9.17, 15) is 4.79 Å². The fourth-order valence-electron chi connectivity index (χ4n) is 2.14. The van der Waals surface area contributed by atoms with Crippen molar-refractivity contribution in [2.24, 2.45) is 7.05 Å². The molecule has 0 aliphatic rings. The monoisotopic (exact) mass is 295 g/mol. The number of hydrogen-bond acceptors (Lipinski definition) is 3. The summed E-state index contributed by atoms with van der Waals surface area (Å²) in [4.78, 5) is 16.1. The van der Waals surface area contributed by atoms with Gasteiger partial charge in [0.15, 0.2) is 0 Å². The summed E-state index contributed by atoms with van der Waals surface area (Å²) >= 11 is 0. The van der Waals surface area contributed by atoms with E-state index in [1.165, 1.54) is 0 Å². The van der Waals surface area contributed by atoms with Crippen LogP contribution in [0.25, 0.3) is 5.69 Å². The first-order valence-corrected chi connectivity index (χ1v) is 6.99. The second-order valence-corrected chi connectivity index (χ2v) is 5.11. The summed E-state index contributed by atoms with van der Waals surface area (Å²) in [6.07, 6.45) is 5.38. The molecule has 0 unspecified atom stereocenters. The highest BCUT2D eigenvalue weighted by molar-refractivity contribution is 5.92. The standard InChI is InChI=1S/C16H17N5O/c1-12-9-15(19-20(12)2)16(22)18-10-13-3-5-14(6-4-13)21-8-7-17-11-21/h3-9,11H,10H2,1-2H3,(H,18,22). The molecule has 1 aromatic carbocycles. The van der Waals surface area contributed by atoms with Gasteiger partial charge in [0.1, 0.15) is 5.69 Å². The van der Waals surface area contributed by atoms with Crippen molar-refractivity contribution < 1.29 is 4.79 Å². The predicted molar refractivity (Wildman–Crippen MR) is 82.7 cm³/mol. The minimum absolute atomic E-state index is 0.164. The first-order chi connectivity index (χ1) is 10.6. The van der Waals surface area contributed by atoms with Crippen LogP contribution >= 0.6 is 0 Å². The minimum Gasteiger partial charge on any atom is -0.347 e. The number of carbonyl (C=O) groups is 1. The van der Waals surface area contributed by atoms with E-state index in [1.807, 2.05) is 49.0 Å². The predicted octanol–water partition coefficient (Wildman–Crippen LogP) is 1.84. The van der Waals surface area contributed by atoms with Crippen molar-refractivity contribution in [2.45, 2.75) is 13.5 Å². The van der Waals surface area contributed by atoms with Crippen LogP contribution in [0.4, 0.5) is 0 Å². The first kappa shape index (κ1) is 14.1. The van der Waals surface area contributed by atoms with E-state index in [1.54, 1.807) is 23.3 Å². The topological polar surface area (TPSA) is 64.7 Å². The average molecular weight is 295 g/mol. The fraction of sp³-hybridized carbons (Fsp3) is 0.188. The summed E-state index contributed by atoms with van der Waals surface area (Å²) < 4.78 is 3.62. The molecule has 0 spiro atoms. The fourth-order valence-corrected chi connectivity index (χ4v) is 2.14. The summed E-state index contributed by atoms with van der Waals surface area (Å²) in [6.45, 7) is 2.39. The molecule has 0 aliphatic heterocycles.